The van der Waals surface area contributed by atoms with E-state index in [0.717, 1.165) is 57.9 Å². The van der Waals surface area contributed by atoms with Crippen molar-refractivity contribution in [2.24, 2.45) is 0 Å². The summed E-state index contributed by atoms with van der Waals surface area (Å²) in [5.74, 6) is -0.725. The van der Waals surface area contributed by atoms with Crippen molar-refractivity contribution in [3.63, 3.8) is 0 Å². The molecule has 0 amide bonds. The lowest BCUT2D eigenvalue weighted by molar-refractivity contribution is -0.304. The Balaban J connectivity index is 1.57. The topological polar surface area (TPSA) is 167 Å². The highest BCUT2D eigenvalue weighted by molar-refractivity contribution is 5.66. The van der Waals surface area contributed by atoms with Crippen LogP contribution < -0.4 is 0 Å². The number of ether oxygens (including phenoxy) is 2. The van der Waals surface area contributed by atoms with Crippen LogP contribution in [-0.2, 0) is 27.4 Å². The summed E-state index contributed by atoms with van der Waals surface area (Å²) in [6.45, 7) is 0.224. The normalized spacial score (nSPS) is 26.3. The maximum atomic E-state index is 10.4. The van der Waals surface area contributed by atoms with Crippen molar-refractivity contribution in [1.29, 1.82) is 0 Å². The third kappa shape index (κ3) is 8.79. The average Bonchev–Trinajstić information content (AvgIpc) is 3.20. The van der Waals surface area contributed by atoms with Crippen LogP contribution in [0.1, 0.15) is 63.5 Å². The molecule has 0 bridgehead atoms. The minimum absolute atomic E-state index is 0.00453. The second-order valence-electron chi connectivity index (χ2n) is 7.95. The standard InChI is InChI=1S/C20H35N3O8/c24-12-15-17(27)18(28)19(29)20(31-15)30-13-14-11-23(22-21-14)10-8-6-4-2-1-3-5-7-9-16(25)26/h11,15,17-20,24,27-29H,1-10,12-13H2,(H,25,26)/t15-,17-,18+,19-,20-/m1/s1. The molecule has 31 heavy (non-hydrogen) atoms. The number of carboxylic acids is 1. The van der Waals surface area contributed by atoms with Gasteiger partial charge in [0.05, 0.1) is 19.4 Å². The van der Waals surface area contributed by atoms with Crippen LogP contribution in [0.5, 0.6) is 0 Å². The Labute approximate surface area is 181 Å². The smallest absolute Gasteiger partial charge is 0.303 e. The number of hydrogen-bond donors (Lipinski definition) is 5. The summed E-state index contributed by atoms with van der Waals surface area (Å²) in [5, 5.41) is 55.4. The van der Waals surface area contributed by atoms with E-state index in [9.17, 15) is 25.2 Å². The lowest BCUT2D eigenvalue weighted by Crippen LogP contribution is -2.59. The molecule has 0 aliphatic carbocycles. The first-order chi connectivity index (χ1) is 14.9. The van der Waals surface area contributed by atoms with Gasteiger partial charge in [0.1, 0.15) is 30.1 Å². The summed E-state index contributed by atoms with van der Waals surface area (Å²) in [6.07, 6.45) is 3.71. The number of nitrogens with zero attached hydrogens (tertiary/aromatic N) is 3. The van der Waals surface area contributed by atoms with Gasteiger partial charge in [-0.15, -0.1) is 5.10 Å². The van der Waals surface area contributed by atoms with Gasteiger partial charge in [-0.2, -0.15) is 0 Å². The molecule has 5 N–H and O–H groups in total. The average molecular weight is 446 g/mol. The van der Waals surface area contributed by atoms with Crippen molar-refractivity contribution < 1.29 is 39.8 Å². The number of rotatable bonds is 15. The Kier molecular flexibility index (Phi) is 11.3. The van der Waals surface area contributed by atoms with Gasteiger partial charge >= 0.3 is 5.97 Å². The van der Waals surface area contributed by atoms with Crippen LogP contribution in [0.25, 0.3) is 0 Å². The van der Waals surface area contributed by atoms with Gasteiger partial charge in [-0.05, 0) is 12.8 Å². The van der Waals surface area contributed by atoms with Crippen LogP contribution in [0.15, 0.2) is 6.20 Å². The zero-order valence-electron chi connectivity index (χ0n) is 17.8. The van der Waals surface area contributed by atoms with Gasteiger partial charge in [-0.3, -0.25) is 9.48 Å². The number of carboxylic acid groups (broad SMARTS) is 1. The van der Waals surface area contributed by atoms with Crippen molar-refractivity contribution in [2.45, 2.75) is 102 Å². The van der Waals surface area contributed by atoms with Gasteiger partial charge in [0.2, 0.25) is 0 Å². The van der Waals surface area contributed by atoms with Gasteiger partial charge in [0.25, 0.3) is 0 Å². The van der Waals surface area contributed by atoms with Gasteiger partial charge in [-0.25, -0.2) is 0 Å². The first-order valence-corrected chi connectivity index (χ1v) is 10.9. The molecule has 0 aromatic carbocycles. The molecule has 11 heteroatoms. The molecular weight excluding hydrogens is 410 g/mol. The fraction of sp³-hybridized carbons (Fsp3) is 0.850. The van der Waals surface area contributed by atoms with Crippen LogP contribution in [-0.4, -0.2) is 83.8 Å². The molecule has 1 aliphatic heterocycles. The summed E-state index contributed by atoms with van der Waals surface area (Å²) in [7, 11) is 0. The number of hydrogen-bond acceptors (Lipinski definition) is 9. The fourth-order valence-corrected chi connectivity index (χ4v) is 3.50. The molecule has 178 valence electrons. The molecule has 5 atom stereocenters. The molecule has 1 aromatic rings. The molecule has 0 spiro atoms. The first-order valence-electron chi connectivity index (χ1n) is 10.9. The van der Waals surface area contributed by atoms with E-state index < -0.39 is 43.3 Å². The molecular formula is C20H35N3O8. The predicted octanol–water partition coefficient (Wildman–Crippen LogP) is 0.190. The van der Waals surface area contributed by atoms with Gasteiger partial charge < -0.3 is 35.0 Å². The zero-order valence-corrected chi connectivity index (χ0v) is 17.8. The van der Waals surface area contributed by atoms with E-state index in [-0.39, 0.29) is 13.0 Å². The Morgan fingerprint density at radius 2 is 1.65 bits per heavy atom. The van der Waals surface area contributed by atoms with E-state index in [1.165, 1.54) is 0 Å². The quantitative estimate of drug-likeness (QED) is 0.235. The third-order valence-electron chi connectivity index (χ3n) is 5.36. The molecule has 1 aliphatic rings. The van der Waals surface area contributed by atoms with E-state index in [1.807, 2.05) is 0 Å². The van der Waals surface area contributed by atoms with Crippen LogP contribution in [0.2, 0.25) is 0 Å². The molecule has 1 saturated heterocycles. The Morgan fingerprint density at radius 1 is 1.00 bits per heavy atom. The number of aliphatic carboxylic acids is 1. The van der Waals surface area contributed by atoms with Gasteiger partial charge in [0.15, 0.2) is 6.29 Å². The highest BCUT2D eigenvalue weighted by Gasteiger charge is 2.44. The summed E-state index contributed by atoms with van der Waals surface area (Å²) >= 11 is 0. The SMILES string of the molecule is O=C(O)CCCCCCCCCCn1cc(CO[C@@H]2O[C@H](CO)[C@@H](O)[C@H](O)[C@H]2O)nn1. The summed E-state index contributed by atoms with van der Waals surface area (Å²) in [4.78, 5) is 10.4. The van der Waals surface area contributed by atoms with Crippen LogP contribution in [0, 0.1) is 0 Å². The molecule has 11 nitrogen and oxygen atoms in total. The Morgan fingerprint density at radius 3 is 2.29 bits per heavy atom. The number of aliphatic hydroxyl groups excluding tert-OH is 4. The van der Waals surface area contributed by atoms with Crippen LogP contribution >= 0.6 is 0 Å². The van der Waals surface area contributed by atoms with Gasteiger partial charge in [-0.1, -0.05) is 43.7 Å². The van der Waals surface area contributed by atoms with E-state index in [4.69, 9.17) is 14.6 Å². The fourth-order valence-electron chi connectivity index (χ4n) is 3.50. The molecule has 0 saturated carbocycles. The van der Waals surface area contributed by atoms with E-state index in [2.05, 4.69) is 10.3 Å². The van der Waals surface area contributed by atoms with Gasteiger partial charge in [0, 0.05) is 13.0 Å². The highest BCUT2D eigenvalue weighted by Crippen LogP contribution is 2.22. The number of unbranched alkanes of at least 4 members (excludes halogenated alkanes) is 7. The number of carbonyl (C=O) groups is 1. The molecule has 2 rings (SSSR count). The Bertz CT molecular complexity index is 642. The second kappa shape index (κ2) is 13.7. The van der Waals surface area contributed by atoms with E-state index in [0.29, 0.717) is 5.69 Å². The van der Waals surface area contributed by atoms with Crippen LogP contribution in [0.4, 0.5) is 0 Å². The minimum Gasteiger partial charge on any atom is -0.481 e. The monoisotopic (exact) mass is 445 g/mol. The van der Waals surface area contributed by atoms with E-state index >= 15 is 0 Å². The number of aromatic nitrogens is 3. The third-order valence-corrected chi connectivity index (χ3v) is 5.36. The summed E-state index contributed by atoms with van der Waals surface area (Å²) in [6, 6.07) is 0. The maximum absolute atomic E-state index is 10.4. The molecule has 0 unspecified atom stereocenters. The van der Waals surface area contributed by atoms with Crippen molar-refractivity contribution in [2.75, 3.05) is 6.61 Å². The Hall–Kier alpha value is -1.63. The summed E-state index contributed by atoms with van der Waals surface area (Å²) < 4.78 is 12.5. The highest BCUT2D eigenvalue weighted by atomic mass is 16.7. The lowest BCUT2D eigenvalue weighted by Gasteiger charge is -2.39. The second-order valence-corrected chi connectivity index (χ2v) is 7.95. The van der Waals surface area contributed by atoms with Crippen molar-refractivity contribution in [1.82, 2.24) is 15.0 Å². The van der Waals surface area contributed by atoms with Crippen molar-refractivity contribution in [3.05, 3.63) is 11.9 Å². The maximum Gasteiger partial charge on any atom is 0.303 e. The number of aliphatic hydroxyl groups is 4. The lowest BCUT2D eigenvalue weighted by atomic mass is 9.99. The zero-order chi connectivity index (χ0) is 22.6. The molecule has 0 radical (unpaired) electrons. The summed E-state index contributed by atoms with van der Waals surface area (Å²) in [5.41, 5.74) is 0.540. The van der Waals surface area contributed by atoms with Crippen molar-refractivity contribution >= 4 is 5.97 Å². The predicted molar refractivity (Wildman–Crippen MR) is 108 cm³/mol. The number of aryl methyl sites for hydroxylation is 1. The minimum atomic E-state index is -1.48. The van der Waals surface area contributed by atoms with Crippen molar-refractivity contribution in [3.8, 4) is 0 Å². The largest absolute Gasteiger partial charge is 0.481 e. The van der Waals surface area contributed by atoms with E-state index in [1.54, 1.807) is 10.9 Å². The molecule has 1 aromatic heterocycles. The van der Waals surface area contributed by atoms with Crippen LogP contribution in [0.3, 0.4) is 0 Å². The molecule has 1 fully saturated rings. The first kappa shape index (κ1) is 25.6. The molecule has 2 heterocycles.